The lowest BCUT2D eigenvalue weighted by Gasteiger charge is -2.21. The van der Waals surface area contributed by atoms with Crippen molar-refractivity contribution in [3.63, 3.8) is 0 Å². The Morgan fingerprint density at radius 3 is 2.67 bits per heavy atom. The molecule has 1 aliphatic rings. The van der Waals surface area contributed by atoms with Crippen molar-refractivity contribution in [2.24, 2.45) is 5.92 Å². The molecule has 106 valence electrons. The summed E-state index contributed by atoms with van der Waals surface area (Å²) >= 11 is 0. The van der Waals surface area contributed by atoms with Crippen molar-refractivity contribution in [1.29, 1.82) is 0 Å². The van der Waals surface area contributed by atoms with Crippen LogP contribution in [0, 0.1) is 5.92 Å². The van der Waals surface area contributed by atoms with Gasteiger partial charge in [0.25, 0.3) is 0 Å². The molecular weight excluding hydrogens is 256 g/mol. The lowest BCUT2D eigenvalue weighted by atomic mass is 9.84. The van der Waals surface area contributed by atoms with Crippen LogP contribution in [-0.2, 0) is 6.42 Å². The van der Waals surface area contributed by atoms with Crippen molar-refractivity contribution >= 4 is 27.6 Å². The topological polar surface area (TPSA) is 9.23 Å². The van der Waals surface area contributed by atoms with Gasteiger partial charge in [0, 0.05) is 10.8 Å². The van der Waals surface area contributed by atoms with Gasteiger partial charge < -0.3 is 4.74 Å². The lowest BCUT2D eigenvalue weighted by Crippen LogP contribution is -2.16. The van der Waals surface area contributed by atoms with Crippen molar-refractivity contribution in [2.45, 2.75) is 26.7 Å². The van der Waals surface area contributed by atoms with E-state index in [1.54, 1.807) is 0 Å². The Labute approximate surface area is 125 Å². The van der Waals surface area contributed by atoms with Gasteiger partial charge in [0.05, 0.1) is 6.61 Å². The maximum Gasteiger partial charge on any atom is 0.127 e. The number of ether oxygens (including phenoxy) is 1. The van der Waals surface area contributed by atoms with E-state index in [2.05, 4.69) is 49.4 Å². The highest BCUT2D eigenvalue weighted by atomic mass is 16.5. The first kappa shape index (κ1) is 12.7. The molecule has 3 aromatic carbocycles. The molecule has 0 aliphatic heterocycles. The third-order valence-electron chi connectivity index (χ3n) is 4.71. The van der Waals surface area contributed by atoms with Gasteiger partial charge in [0.2, 0.25) is 0 Å². The zero-order valence-electron chi connectivity index (χ0n) is 12.6. The second-order valence-corrected chi connectivity index (χ2v) is 5.94. The number of rotatable bonds is 3. The van der Waals surface area contributed by atoms with Gasteiger partial charge >= 0.3 is 0 Å². The van der Waals surface area contributed by atoms with E-state index < -0.39 is 0 Å². The van der Waals surface area contributed by atoms with Crippen LogP contribution < -0.4 is 9.96 Å². The fourth-order valence-corrected chi connectivity index (χ4v) is 3.67. The molecule has 1 atom stereocenters. The zero-order chi connectivity index (χ0) is 14.4. The molecule has 0 fully saturated rings. The maximum absolute atomic E-state index is 5.82. The highest BCUT2D eigenvalue weighted by Gasteiger charge is 2.17. The zero-order valence-corrected chi connectivity index (χ0v) is 12.6. The summed E-state index contributed by atoms with van der Waals surface area (Å²) < 4.78 is 5.82. The monoisotopic (exact) mass is 276 g/mol. The fraction of sp³-hybridized carbons (Fsp3) is 0.300. The maximum atomic E-state index is 5.82. The van der Waals surface area contributed by atoms with E-state index in [-0.39, 0.29) is 0 Å². The molecule has 0 saturated heterocycles. The SMILES string of the molecule is CCOc1ccc2ccc3c4c(ccc1c24)=CC(CC)C3. The van der Waals surface area contributed by atoms with Gasteiger partial charge in [-0.25, -0.2) is 0 Å². The first-order chi connectivity index (χ1) is 10.3. The standard InChI is InChI=1S/C20H20O/c1-3-13-11-15-6-5-14-8-10-18(21-4-2)17-9-7-16(12-13)19(15)20(14)17/h5-10,12-13H,3-4,11H2,1-2H3. The Bertz CT molecular complexity index is 876. The van der Waals surface area contributed by atoms with Gasteiger partial charge in [-0.2, -0.15) is 0 Å². The molecule has 0 heterocycles. The average Bonchev–Trinajstić information content (AvgIpc) is 2.53. The Kier molecular flexibility index (Phi) is 2.88. The van der Waals surface area contributed by atoms with Crippen LogP contribution in [0.25, 0.3) is 27.6 Å². The molecule has 4 rings (SSSR count). The minimum absolute atomic E-state index is 0.672. The van der Waals surface area contributed by atoms with E-state index in [1.807, 2.05) is 6.92 Å². The summed E-state index contributed by atoms with van der Waals surface area (Å²) in [4.78, 5) is 0. The van der Waals surface area contributed by atoms with E-state index in [0.717, 1.165) is 12.2 Å². The molecule has 1 aliphatic carbocycles. The van der Waals surface area contributed by atoms with Crippen LogP contribution in [-0.4, -0.2) is 6.61 Å². The molecule has 1 unspecified atom stereocenters. The summed E-state index contributed by atoms with van der Waals surface area (Å²) in [5.41, 5.74) is 1.49. The van der Waals surface area contributed by atoms with E-state index in [0.29, 0.717) is 12.5 Å². The van der Waals surface area contributed by atoms with Gasteiger partial charge in [-0.05, 0) is 53.3 Å². The first-order valence-electron chi connectivity index (χ1n) is 7.93. The predicted molar refractivity (Wildman–Crippen MR) is 89.8 cm³/mol. The third-order valence-corrected chi connectivity index (χ3v) is 4.71. The molecule has 0 bridgehead atoms. The van der Waals surface area contributed by atoms with Gasteiger partial charge in [-0.1, -0.05) is 43.3 Å². The van der Waals surface area contributed by atoms with E-state index in [9.17, 15) is 0 Å². The van der Waals surface area contributed by atoms with Crippen LogP contribution in [0.3, 0.4) is 0 Å². The Hall–Kier alpha value is -2.02. The summed E-state index contributed by atoms with van der Waals surface area (Å²) in [6.45, 7) is 5.03. The average molecular weight is 276 g/mol. The molecule has 0 saturated carbocycles. The van der Waals surface area contributed by atoms with Crippen molar-refractivity contribution < 1.29 is 4.74 Å². The number of hydrogen-bond donors (Lipinski definition) is 0. The third kappa shape index (κ3) is 1.84. The van der Waals surface area contributed by atoms with Crippen molar-refractivity contribution in [1.82, 2.24) is 0 Å². The molecule has 0 aromatic heterocycles. The molecule has 0 radical (unpaired) electrons. The van der Waals surface area contributed by atoms with E-state index in [4.69, 9.17) is 4.74 Å². The lowest BCUT2D eigenvalue weighted by molar-refractivity contribution is 0.344. The van der Waals surface area contributed by atoms with Crippen LogP contribution in [0.2, 0.25) is 0 Å². The molecule has 0 spiro atoms. The normalized spacial score (nSPS) is 17.1. The number of hydrogen-bond acceptors (Lipinski definition) is 1. The largest absolute Gasteiger partial charge is 0.493 e. The van der Waals surface area contributed by atoms with Crippen LogP contribution in [0.4, 0.5) is 0 Å². The van der Waals surface area contributed by atoms with Gasteiger partial charge in [0.1, 0.15) is 5.75 Å². The second kappa shape index (κ2) is 4.77. The molecular formula is C20H20O. The van der Waals surface area contributed by atoms with Crippen molar-refractivity contribution in [2.75, 3.05) is 6.61 Å². The fourth-order valence-electron chi connectivity index (χ4n) is 3.67. The second-order valence-electron chi connectivity index (χ2n) is 5.94. The molecule has 3 aromatic rings. The van der Waals surface area contributed by atoms with Crippen LogP contribution >= 0.6 is 0 Å². The predicted octanol–water partition coefficient (Wildman–Crippen LogP) is 4.47. The summed E-state index contributed by atoms with van der Waals surface area (Å²) in [5.74, 6) is 1.68. The minimum Gasteiger partial charge on any atom is -0.493 e. The summed E-state index contributed by atoms with van der Waals surface area (Å²) in [6.07, 6.45) is 4.83. The van der Waals surface area contributed by atoms with Crippen LogP contribution in [0.5, 0.6) is 5.75 Å². The van der Waals surface area contributed by atoms with E-state index >= 15 is 0 Å². The highest BCUT2D eigenvalue weighted by Crippen LogP contribution is 2.35. The van der Waals surface area contributed by atoms with E-state index in [1.165, 1.54) is 38.7 Å². The summed E-state index contributed by atoms with van der Waals surface area (Å²) in [6, 6.07) is 13.4. The smallest absolute Gasteiger partial charge is 0.127 e. The molecule has 0 amide bonds. The molecule has 21 heavy (non-hydrogen) atoms. The Morgan fingerprint density at radius 2 is 1.86 bits per heavy atom. The summed E-state index contributed by atoms with van der Waals surface area (Å²) in [7, 11) is 0. The minimum atomic E-state index is 0.672. The van der Waals surface area contributed by atoms with Gasteiger partial charge in [0.15, 0.2) is 0 Å². The quantitative estimate of drug-likeness (QED) is 0.685. The van der Waals surface area contributed by atoms with Crippen LogP contribution in [0.15, 0.2) is 36.4 Å². The molecule has 1 nitrogen and oxygen atoms in total. The molecule has 1 heteroatoms. The number of benzene rings is 3. The van der Waals surface area contributed by atoms with Crippen molar-refractivity contribution in [3.05, 3.63) is 47.2 Å². The van der Waals surface area contributed by atoms with Crippen molar-refractivity contribution in [3.8, 4) is 5.75 Å². The van der Waals surface area contributed by atoms with Gasteiger partial charge in [-0.3, -0.25) is 0 Å². The summed E-state index contributed by atoms with van der Waals surface area (Å²) in [5, 5.41) is 6.78. The van der Waals surface area contributed by atoms with Gasteiger partial charge in [-0.15, -0.1) is 0 Å². The Balaban J connectivity index is 2.14. The first-order valence-corrected chi connectivity index (χ1v) is 7.93. The molecule has 0 N–H and O–H groups in total. The Morgan fingerprint density at radius 1 is 1.00 bits per heavy atom. The van der Waals surface area contributed by atoms with Crippen LogP contribution in [0.1, 0.15) is 25.8 Å². The highest BCUT2D eigenvalue weighted by molar-refractivity contribution is 6.13.